The minimum absolute atomic E-state index is 0.0892. The molecule has 26 heavy (non-hydrogen) atoms. The van der Waals surface area contributed by atoms with Gasteiger partial charge in [0.15, 0.2) is 0 Å². The van der Waals surface area contributed by atoms with Gasteiger partial charge in [-0.15, -0.1) is 0 Å². The van der Waals surface area contributed by atoms with Crippen molar-refractivity contribution in [2.75, 3.05) is 26.2 Å². The van der Waals surface area contributed by atoms with E-state index in [0.717, 1.165) is 6.07 Å². The molecule has 0 aliphatic carbocycles. The number of benzene rings is 1. The number of hydrogen-bond donors (Lipinski definition) is 3. The largest absolute Gasteiger partial charge is 0.416 e. The lowest BCUT2D eigenvalue weighted by Crippen LogP contribution is -2.53. The summed E-state index contributed by atoms with van der Waals surface area (Å²) < 4.78 is 39.8. The van der Waals surface area contributed by atoms with Gasteiger partial charge < -0.3 is 21.1 Å². The molecule has 0 saturated carbocycles. The predicted octanol–water partition coefficient (Wildman–Crippen LogP) is 1.59. The Morgan fingerprint density at radius 3 is 2.88 bits per heavy atom. The number of alkyl halides is 3. The van der Waals surface area contributed by atoms with Crippen molar-refractivity contribution in [2.45, 2.75) is 43.5 Å². The van der Waals surface area contributed by atoms with Gasteiger partial charge in [-0.05, 0) is 43.0 Å². The van der Waals surface area contributed by atoms with Gasteiger partial charge in [0.05, 0.1) is 17.1 Å². The molecule has 2 heterocycles. The summed E-state index contributed by atoms with van der Waals surface area (Å²) in [6, 6.07) is 4.01. The summed E-state index contributed by atoms with van der Waals surface area (Å²) in [7, 11) is 0. The van der Waals surface area contributed by atoms with Crippen molar-refractivity contribution in [3.05, 3.63) is 34.9 Å². The maximum Gasteiger partial charge on any atom is 0.416 e. The fourth-order valence-corrected chi connectivity index (χ4v) is 4.06. The molecule has 1 aromatic carbocycles. The van der Waals surface area contributed by atoms with E-state index < -0.39 is 23.3 Å². The number of fused-ring (bicyclic) bond motifs is 1. The molecular formula is C18H24F3N3O2. The van der Waals surface area contributed by atoms with E-state index in [0.29, 0.717) is 44.5 Å². The van der Waals surface area contributed by atoms with Crippen LogP contribution in [0.1, 0.15) is 41.9 Å². The summed E-state index contributed by atoms with van der Waals surface area (Å²) in [6.07, 6.45) is -2.83. The highest BCUT2D eigenvalue weighted by atomic mass is 19.4. The number of nitrogens with one attached hydrogen (secondary N) is 1. The average Bonchev–Trinajstić information content (AvgIpc) is 2.59. The maximum atomic E-state index is 13.3. The molecule has 2 atom stereocenters. The molecule has 3 rings (SSSR count). The number of amides is 1. The minimum Gasteiger partial charge on any atom is -0.388 e. The Morgan fingerprint density at radius 2 is 2.19 bits per heavy atom. The van der Waals surface area contributed by atoms with E-state index in [9.17, 15) is 23.1 Å². The third-order valence-electron chi connectivity index (χ3n) is 5.32. The second kappa shape index (κ2) is 7.17. The number of aliphatic hydroxyl groups is 1. The van der Waals surface area contributed by atoms with Crippen LogP contribution in [0.3, 0.4) is 0 Å². The van der Waals surface area contributed by atoms with Crippen LogP contribution in [-0.2, 0) is 17.5 Å². The highest BCUT2D eigenvalue weighted by molar-refractivity contribution is 5.85. The van der Waals surface area contributed by atoms with Crippen molar-refractivity contribution in [3.8, 4) is 0 Å². The van der Waals surface area contributed by atoms with Crippen LogP contribution in [-0.4, -0.2) is 47.7 Å². The van der Waals surface area contributed by atoms with Crippen molar-refractivity contribution in [1.82, 2.24) is 10.2 Å². The first kappa shape index (κ1) is 19.1. The van der Waals surface area contributed by atoms with E-state index in [-0.39, 0.29) is 24.6 Å². The summed E-state index contributed by atoms with van der Waals surface area (Å²) in [5, 5.41) is 13.5. The van der Waals surface area contributed by atoms with Gasteiger partial charge in [-0.3, -0.25) is 4.79 Å². The van der Waals surface area contributed by atoms with Crippen molar-refractivity contribution in [3.63, 3.8) is 0 Å². The maximum absolute atomic E-state index is 13.3. The number of rotatable bonds is 3. The van der Waals surface area contributed by atoms with Crippen LogP contribution in [0.4, 0.5) is 13.2 Å². The van der Waals surface area contributed by atoms with Gasteiger partial charge in [0.25, 0.3) is 0 Å². The summed E-state index contributed by atoms with van der Waals surface area (Å²) >= 11 is 0. The normalized spacial score (nSPS) is 26.5. The first-order chi connectivity index (χ1) is 12.2. The van der Waals surface area contributed by atoms with Gasteiger partial charge in [0.2, 0.25) is 5.91 Å². The standard InChI is InChI=1S/C18H24F3N3O2/c19-18(20,21)15-4-1-3-12-13(15)9-23-10-14(12)16(25)24-8-2-5-17(26,11-24)6-7-22/h1,3-4,14,23,26H,2,5-11,22H2. The molecule has 1 saturated heterocycles. The van der Waals surface area contributed by atoms with Crippen LogP contribution < -0.4 is 11.1 Å². The smallest absolute Gasteiger partial charge is 0.388 e. The molecule has 2 unspecified atom stereocenters. The molecule has 8 heteroatoms. The SMILES string of the molecule is NCCC1(O)CCCN(C(=O)C2CNCc3c2cccc3C(F)(F)F)C1. The highest BCUT2D eigenvalue weighted by Gasteiger charge is 2.40. The van der Waals surface area contributed by atoms with E-state index >= 15 is 0 Å². The molecule has 5 nitrogen and oxygen atoms in total. The van der Waals surface area contributed by atoms with Crippen molar-refractivity contribution in [2.24, 2.45) is 5.73 Å². The topological polar surface area (TPSA) is 78.6 Å². The van der Waals surface area contributed by atoms with Crippen molar-refractivity contribution < 1.29 is 23.1 Å². The highest BCUT2D eigenvalue weighted by Crippen LogP contribution is 2.37. The van der Waals surface area contributed by atoms with E-state index in [4.69, 9.17) is 5.73 Å². The van der Waals surface area contributed by atoms with Gasteiger partial charge in [-0.25, -0.2) is 0 Å². The predicted molar refractivity (Wildman–Crippen MR) is 90.3 cm³/mol. The number of β-amino-alcohol motifs (C(OH)–C–C–N with tert-alkyl or cyclic N) is 1. The molecule has 1 aromatic rings. The number of halogens is 3. The Hall–Kier alpha value is -1.64. The molecule has 1 fully saturated rings. The Kier molecular flexibility index (Phi) is 5.28. The second-order valence-electron chi connectivity index (χ2n) is 7.18. The van der Waals surface area contributed by atoms with Crippen molar-refractivity contribution in [1.29, 1.82) is 0 Å². The van der Waals surface area contributed by atoms with Crippen molar-refractivity contribution >= 4 is 5.91 Å². The molecule has 2 aliphatic rings. The lowest BCUT2D eigenvalue weighted by molar-refractivity contribution is -0.141. The van der Waals surface area contributed by atoms with Gasteiger partial charge in [0, 0.05) is 26.2 Å². The van der Waals surface area contributed by atoms with Gasteiger partial charge in [0.1, 0.15) is 0 Å². The number of carbonyl (C=O) groups excluding carboxylic acids is 1. The minimum atomic E-state index is -4.45. The zero-order valence-electron chi connectivity index (χ0n) is 14.5. The zero-order valence-corrected chi connectivity index (χ0v) is 14.5. The summed E-state index contributed by atoms with van der Waals surface area (Å²) in [5.41, 5.74) is 4.41. The monoisotopic (exact) mass is 371 g/mol. The van der Waals surface area contributed by atoms with Crippen LogP contribution in [0.25, 0.3) is 0 Å². The first-order valence-electron chi connectivity index (χ1n) is 8.86. The first-order valence-corrected chi connectivity index (χ1v) is 8.86. The number of piperidine rings is 1. The van der Waals surface area contributed by atoms with Gasteiger partial charge in [-0.1, -0.05) is 12.1 Å². The molecule has 1 amide bonds. The Labute approximate surface area is 150 Å². The Balaban J connectivity index is 1.87. The number of likely N-dealkylation sites (tertiary alicyclic amines) is 1. The molecule has 4 N–H and O–H groups in total. The molecule has 0 bridgehead atoms. The molecule has 144 valence electrons. The number of carbonyl (C=O) groups is 1. The van der Waals surface area contributed by atoms with Crippen LogP contribution in [0.15, 0.2) is 18.2 Å². The van der Waals surface area contributed by atoms with E-state index in [1.54, 1.807) is 11.0 Å². The van der Waals surface area contributed by atoms with Gasteiger partial charge in [-0.2, -0.15) is 13.2 Å². The molecule has 2 aliphatic heterocycles. The van der Waals surface area contributed by atoms with E-state index in [1.165, 1.54) is 6.07 Å². The lowest BCUT2D eigenvalue weighted by atomic mass is 9.85. The lowest BCUT2D eigenvalue weighted by Gasteiger charge is -2.41. The summed E-state index contributed by atoms with van der Waals surface area (Å²) in [6.45, 7) is 1.37. The third-order valence-corrected chi connectivity index (χ3v) is 5.32. The quantitative estimate of drug-likeness (QED) is 0.754. The van der Waals surface area contributed by atoms with E-state index in [1.807, 2.05) is 0 Å². The third kappa shape index (κ3) is 3.72. The summed E-state index contributed by atoms with van der Waals surface area (Å²) in [5.74, 6) is -0.922. The zero-order chi connectivity index (χ0) is 18.9. The van der Waals surface area contributed by atoms with Gasteiger partial charge >= 0.3 is 6.18 Å². The van der Waals surface area contributed by atoms with E-state index in [2.05, 4.69) is 5.32 Å². The number of nitrogens with zero attached hydrogens (tertiary/aromatic N) is 1. The van der Waals surface area contributed by atoms with Crippen LogP contribution in [0, 0.1) is 0 Å². The van der Waals surface area contributed by atoms with Crippen LogP contribution >= 0.6 is 0 Å². The molecule has 0 radical (unpaired) electrons. The molecule has 0 aromatic heterocycles. The number of hydrogen-bond acceptors (Lipinski definition) is 4. The second-order valence-corrected chi connectivity index (χ2v) is 7.18. The number of nitrogens with two attached hydrogens (primary N) is 1. The Morgan fingerprint density at radius 1 is 1.42 bits per heavy atom. The Bertz CT molecular complexity index is 676. The summed E-state index contributed by atoms with van der Waals surface area (Å²) in [4.78, 5) is 14.6. The van der Waals surface area contributed by atoms with Crippen LogP contribution in [0.2, 0.25) is 0 Å². The van der Waals surface area contributed by atoms with Crippen LogP contribution in [0.5, 0.6) is 0 Å². The fourth-order valence-electron chi connectivity index (χ4n) is 4.06. The molecular weight excluding hydrogens is 347 g/mol. The molecule has 0 spiro atoms. The fraction of sp³-hybridized carbons (Fsp3) is 0.611. The average molecular weight is 371 g/mol.